The maximum Gasteiger partial charge on any atom is 0.222 e. The van der Waals surface area contributed by atoms with Gasteiger partial charge in [-0.2, -0.15) is 0 Å². The van der Waals surface area contributed by atoms with E-state index >= 15 is 0 Å². The molecule has 1 saturated heterocycles. The Morgan fingerprint density at radius 1 is 1.16 bits per heavy atom. The van der Waals surface area contributed by atoms with E-state index in [0.717, 1.165) is 37.7 Å². The van der Waals surface area contributed by atoms with Crippen LogP contribution in [0.15, 0.2) is 24.5 Å². The molecule has 3 rings (SSSR count). The molecule has 1 amide bonds. The van der Waals surface area contributed by atoms with Gasteiger partial charge in [-0.25, -0.2) is 13.1 Å². The Balaban J connectivity index is 1.53. The molecule has 2 heterocycles. The molecule has 2 aliphatic rings. The third kappa shape index (κ3) is 5.01. The van der Waals surface area contributed by atoms with Crippen molar-refractivity contribution in [1.29, 1.82) is 0 Å². The number of sulfonamides is 1. The van der Waals surface area contributed by atoms with Crippen LogP contribution in [0.2, 0.25) is 0 Å². The largest absolute Gasteiger partial charge is 0.341 e. The molecule has 0 spiro atoms. The van der Waals surface area contributed by atoms with E-state index < -0.39 is 15.3 Å². The van der Waals surface area contributed by atoms with Crippen molar-refractivity contribution in [3.8, 4) is 0 Å². The van der Waals surface area contributed by atoms with E-state index in [1.807, 2.05) is 12.1 Å². The van der Waals surface area contributed by atoms with Gasteiger partial charge in [0.15, 0.2) is 0 Å². The summed E-state index contributed by atoms with van der Waals surface area (Å²) in [4.78, 5) is 18.2. The molecule has 1 unspecified atom stereocenters. The van der Waals surface area contributed by atoms with Crippen molar-refractivity contribution in [2.75, 3.05) is 13.1 Å². The van der Waals surface area contributed by atoms with Gasteiger partial charge in [-0.1, -0.05) is 12.8 Å². The number of carbonyl (C=O) groups excluding carboxylic acids is 1. The Bertz CT molecular complexity index is 672. The number of aromatic nitrogens is 1. The number of amides is 1. The zero-order chi connectivity index (χ0) is 17.7. The van der Waals surface area contributed by atoms with Gasteiger partial charge in [0, 0.05) is 37.9 Å². The molecule has 7 heteroatoms. The molecule has 2 fully saturated rings. The first kappa shape index (κ1) is 18.3. The number of aryl methyl sites for hydroxylation is 1. The fourth-order valence-electron chi connectivity index (χ4n) is 3.75. The third-order valence-corrected chi connectivity index (χ3v) is 7.16. The fraction of sp³-hybridized carbons (Fsp3) is 0.667. The van der Waals surface area contributed by atoms with Crippen LogP contribution in [0.25, 0.3) is 0 Å². The summed E-state index contributed by atoms with van der Waals surface area (Å²) in [5.74, 6) is 0.0394. The van der Waals surface area contributed by atoms with Crippen LogP contribution in [0.5, 0.6) is 0 Å². The molecule has 1 aliphatic carbocycles. The lowest BCUT2D eigenvalue weighted by atomic mass is 10.1. The highest BCUT2D eigenvalue weighted by molar-refractivity contribution is 7.90. The number of piperidine rings is 1. The number of hydrogen-bond donors (Lipinski definition) is 1. The zero-order valence-electron chi connectivity index (χ0n) is 14.6. The molecule has 1 aliphatic heterocycles. The number of likely N-dealkylation sites (tertiary alicyclic amines) is 1. The smallest absolute Gasteiger partial charge is 0.222 e. The molecule has 0 bridgehead atoms. The van der Waals surface area contributed by atoms with Crippen LogP contribution < -0.4 is 4.72 Å². The van der Waals surface area contributed by atoms with Crippen molar-refractivity contribution in [2.45, 2.75) is 62.7 Å². The first-order valence-electron chi connectivity index (χ1n) is 9.22. The highest BCUT2D eigenvalue weighted by atomic mass is 32.2. The van der Waals surface area contributed by atoms with Crippen LogP contribution in [0.1, 0.15) is 50.5 Å². The van der Waals surface area contributed by atoms with E-state index in [1.165, 1.54) is 0 Å². The fourth-order valence-corrected chi connectivity index (χ4v) is 5.49. The minimum absolute atomic E-state index is 0.0394. The van der Waals surface area contributed by atoms with Crippen LogP contribution in [0.4, 0.5) is 0 Å². The van der Waals surface area contributed by atoms with E-state index in [0.29, 0.717) is 32.4 Å². The molecule has 138 valence electrons. The van der Waals surface area contributed by atoms with Crippen LogP contribution in [-0.2, 0) is 21.2 Å². The predicted octanol–water partition coefficient (Wildman–Crippen LogP) is 1.87. The minimum Gasteiger partial charge on any atom is -0.341 e. The molecule has 1 aromatic rings. The SMILES string of the molecule is O=C(CCc1ccncc1)N1CCCC(S(=O)(=O)NC2CCCC2)C1. The van der Waals surface area contributed by atoms with E-state index in [-0.39, 0.29) is 11.9 Å². The lowest BCUT2D eigenvalue weighted by Crippen LogP contribution is -2.50. The molecule has 1 atom stereocenters. The van der Waals surface area contributed by atoms with Crippen molar-refractivity contribution in [3.05, 3.63) is 30.1 Å². The predicted molar refractivity (Wildman–Crippen MR) is 96.5 cm³/mol. The Hall–Kier alpha value is -1.47. The molecule has 1 N–H and O–H groups in total. The zero-order valence-corrected chi connectivity index (χ0v) is 15.4. The van der Waals surface area contributed by atoms with E-state index in [9.17, 15) is 13.2 Å². The number of nitrogens with one attached hydrogen (secondary N) is 1. The van der Waals surface area contributed by atoms with E-state index in [1.54, 1.807) is 17.3 Å². The van der Waals surface area contributed by atoms with E-state index in [4.69, 9.17) is 0 Å². The summed E-state index contributed by atoms with van der Waals surface area (Å²) < 4.78 is 28.1. The molecular weight excluding hydrogens is 338 g/mol. The third-order valence-electron chi connectivity index (χ3n) is 5.23. The summed E-state index contributed by atoms with van der Waals surface area (Å²) in [5, 5.41) is -0.480. The normalized spacial score (nSPS) is 22.2. The van der Waals surface area contributed by atoms with Gasteiger partial charge in [0.2, 0.25) is 15.9 Å². The van der Waals surface area contributed by atoms with Gasteiger partial charge in [-0.15, -0.1) is 0 Å². The Morgan fingerprint density at radius 2 is 1.88 bits per heavy atom. The Labute approximate surface area is 150 Å². The lowest BCUT2D eigenvalue weighted by Gasteiger charge is -2.33. The number of nitrogens with zero attached hydrogens (tertiary/aromatic N) is 2. The number of carbonyl (C=O) groups is 1. The van der Waals surface area contributed by atoms with Gasteiger partial charge in [0.25, 0.3) is 0 Å². The molecule has 1 saturated carbocycles. The van der Waals surface area contributed by atoms with Crippen LogP contribution in [0, 0.1) is 0 Å². The summed E-state index contributed by atoms with van der Waals surface area (Å²) in [5.41, 5.74) is 1.08. The second kappa shape index (κ2) is 8.27. The van der Waals surface area contributed by atoms with Crippen molar-refractivity contribution in [3.63, 3.8) is 0 Å². The molecule has 1 aromatic heterocycles. The average Bonchev–Trinajstić information content (AvgIpc) is 3.13. The lowest BCUT2D eigenvalue weighted by molar-refractivity contribution is -0.131. The quantitative estimate of drug-likeness (QED) is 0.835. The van der Waals surface area contributed by atoms with Crippen LogP contribution >= 0.6 is 0 Å². The first-order valence-corrected chi connectivity index (χ1v) is 10.8. The average molecular weight is 365 g/mol. The summed E-state index contributed by atoms with van der Waals surface area (Å²) >= 11 is 0. The Kier molecular flexibility index (Phi) is 6.06. The molecule has 0 aromatic carbocycles. The maximum atomic E-state index is 12.6. The van der Waals surface area contributed by atoms with Crippen molar-refractivity contribution in [2.24, 2.45) is 0 Å². The van der Waals surface area contributed by atoms with Gasteiger partial charge in [-0.05, 0) is 49.8 Å². The van der Waals surface area contributed by atoms with Gasteiger partial charge in [0.05, 0.1) is 5.25 Å². The Morgan fingerprint density at radius 3 is 2.60 bits per heavy atom. The molecule has 6 nitrogen and oxygen atoms in total. The number of pyridine rings is 1. The summed E-state index contributed by atoms with van der Waals surface area (Å²) in [7, 11) is -3.35. The topological polar surface area (TPSA) is 79.4 Å². The summed E-state index contributed by atoms with van der Waals surface area (Å²) in [6.07, 6.45) is 9.95. The van der Waals surface area contributed by atoms with Gasteiger partial charge in [-0.3, -0.25) is 9.78 Å². The number of rotatable bonds is 6. The molecule has 0 radical (unpaired) electrons. The standard InChI is InChI=1S/C18H27N3O3S/c22-18(8-7-15-9-11-19-12-10-15)21-13-3-6-17(14-21)25(23,24)20-16-4-1-2-5-16/h9-12,16-17,20H,1-8,13-14H2. The van der Waals surface area contributed by atoms with Gasteiger partial charge < -0.3 is 4.90 Å². The molecular formula is C18H27N3O3S. The molecule has 25 heavy (non-hydrogen) atoms. The summed E-state index contributed by atoms with van der Waals surface area (Å²) in [6, 6.07) is 3.90. The van der Waals surface area contributed by atoms with Crippen molar-refractivity contribution < 1.29 is 13.2 Å². The van der Waals surface area contributed by atoms with Crippen molar-refractivity contribution >= 4 is 15.9 Å². The van der Waals surface area contributed by atoms with Crippen LogP contribution in [0.3, 0.4) is 0 Å². The van der Waals surface area contributed by atoms with Gasteiger partial charge >= 0.3 is 0 Å². The highest BCUT2D eigenvalue weighted by Gasteiger charge is 2.34. The minimum atomic E-state index is -3.35. The van der Waals surface area contributed by atoms with Crippen LogP contribution in [-0.4, -0.2) is 48.6 Å². The second-order valence-corrected chi connectivity index (χ2v) is 9.10. The second-order valence-electron chi connectivity index (χ2n) is 7.10. The highest BCUT2D eigenvalue weighted by Crippen LogP contribution is 2.22. The number of hydrogen-bond acceptors (Lipinski definition) is 4. The monoisotopic (exact) mass is 365 g/mol. The maximum absolute atomic E-state index is 12.6. The van der Waals surface area contributed by atoms with E-state index in [2.05, 4.69) is 9.71 Å². The summed E-state index contributed by atoms with van der Waals surface area (Å²) in [6.45, 7) is 0.974. The first-order chi connectivity index (χ1) is 12.0. The van der Waals surface area contributed by atoms with Gasteiger partial charge in [0.1, 0.15) is 0 Å². The van der Waals surface area contributed by atoms with Crippen molar-refractivity contribution in [1.82, 2.24) is 14.6 Å².